The molecule has 0 amide bonds. The Morgan fingerprint density at radius 2 is 1.13 bits per heavy atom. The Kier molecular flexibility index (Phi) is 6.68. The van der Waals surface area contributed by atoms with E-state index in [1.165, 1.54) is 15.9 Å². The van der Waals surface area contributed by atoms with Gasteiger partial charge in [0.15, 0.2) is 5.79 Å². The second-order valence-corrected chi connectivity index (χ2v) is 11.9. The van der Waals surface area contributed by atoms with Crippen LogP contribution in [0.2, 0.25) is 0 Å². The van der Waals surface area contributed by atoms with Crippen LogP contribution in [0.4, 0.5) is 0 Å². The summed E-state index contributed by atoms with van der Waals surface area (Å²) in [6.07, 6.45) is 3.10. The fourth-order valence-electron chi connectivity index (χ4n) is 4.87. The van der Waals surface area contributed by atoms with Gasteiger partial charge < -0.3 is 9.47 Å². The van der Waals surface area contributed by atoms with Gasteiger partial charge in [-0.15, -0.1) is 0 Å². The third-order valence-electron chi connectivity index (χ3n) is 6.34. The Labute approximate surface area is 181 Å². The summed E-state index contributed by atoms with van der Waals surface area (Å²) in [7, 11) is -1.86. The first kappa shape index (κ1) is 21.2. The standard InChI is InChI=1S/C27H32O2P/c1-3-23(19-20-27(2)28-21-22-29-27)30(24-13-7-4-8-14-24,25-15-9-5-10-16-25)26-17-11-6-12-18-26/h4-18,23H,3,19-22H2,1-2H3/q+1. The van der Waals surface area contributed by atoms with Gasteiger partial charge >= 0.3 is 0 Å². The van der Waals surface area contributed by atoms with E-state index in [1.807, 2.05) is 0 Å². The molecule has 2 nitrogen and oxygen atoms in total. The zero-order chi connectivity index (χ0) is 20.9. The molecule has 3 heteroatoms. The van der Waals surface area contributed by atoms with Crippen LogP contribution in [-0.4, -0.2) is 24.7 Å². The highest BCUT2D eigenvalue weighted by atomic mass is 31.2. The number of hydrogen-bond acceptors (Lipinski definition) is 2. The molecule has 0 aromatic heterocycles. The lowest BCUT2D eigenvalue weighted by molar-refractivity contribution is -0.147. The number of ether oxygens (including phenoxy) is 2. The van der Waals surface area contributed by atoms with Crippen LogP contribution in [0.3, 0.4) is 0 Å². The highest BCUT2D eigenvalue weighted by molar-refractivity contribution is 7.96. The molecule has 0 spiro atoms. The van der Waals surface area contributed by atoms with Crippen molar-refractivity contribution in [2.45, 2.75) is 44.6 Å². The molecule has 1 unspecified atom stereocenters. The molecule has 0 radical (unpaired) electrons. The van der Waals surface area contributed by atoms with Crippen LogP contribution in [-0.2, 0) is 9.47 Å². The molecular weight excluding hydrogens is 387 g/mol. The average molecular weight is 420 g/mol. The second kappa shape index (κ2) is 9.43. The topological polar surface area (TPSA) is 18.5 Å². The summed E-state index contributed by atoms with van der Waals surface area (Å²) in [6, 6.07) is 33.5. The van der Waals surface area contributed by atoms with E-state index >= 15 is 0 Å². The van der Waals surface area contributed by atoms with Crippen molar-refractivity contribution in [1.82, 2.24) is 0 Å². The van der Waals surface area contributed by atoms with Crippen molar-refractivity contribution in [2.75, 3.05) is 13.2 Å². The predicted molar refractivity (Wildman–Crippen MR) is 129 cm³/mol. The molecule has 156 valence electrons. The minimum Gasteiger partial charge on any atom is -0.348 e. The van der Waals surface area contributed by atoms with Gasteiger partial charge in [-0.3, -0.25) is 0 Å². The normalized spacial score (nSPS) is 17.0. The van der Waals surface area contributed by atoms with Crippen LogP contribution < -0.4 is 15.9 Å². The van der Waals surface area contributed by atoms with Crippen LogP contribution in [0.15, 0.2) is 91.0 Å². The van der Waals surface area contributed by atoms with Gasteiger partial charge in [0, 0.05) is 6.42 Å². The summed E-state index contributed by atoms with van der Waals surface area (Å²) in [6.45, 7) is 5.83. The lowest BCUT2D eigenvalue weighted by Gasteiger charge is -2.35. The van der Waals surface area contributed by atoms with Crippen molar-refractivity contribution in [3.63, 3.8) is 0 Å². The van der Waals surface area contributed by atoms with Gasteiger partial charge in [-0.1, -0.05) is 61.5 Å². The summed E-state index contributed by atoms with van der Waals surface area (Å²) in [5.41, 5.74) is 0.509. The van der Waals surface area contributed by atoms with Gasteiger partial charge in [-0.25, -0.2) is 0 Å². The number of rotatable bonds is 8. The zero-order valence-electron chi connectivity index (χ0n) is 18.0. The second-order valence-electron chi connectivity index (χ2n) is 8.16. The molecule has 0 aliphatic carbocycles. The van der Waals surface area contributed by atoms with Crippen LogP contribution in [0, 0.1) is 0 Å². The third kappa shape index (κ3) is 4.10. The molecule has 30 heavy (non-hydrogen) atoms. The van der Waals surface area contributed by atoms with E-state index in [4.69, 9.17) is 9.47 Å². The summed E-state index contributed by atoms with van der Waals surface area (Å²) >= 11 is 0. The van der Waals surface area contributed by atoms with Gasteiger partial charge in [-0.2, -0.15) is 0 Å². The SMILES string of the molecule is CCC(CCC1(C)OCCO1)[P+](c1ccccc1)(c1ccccc1)c1ccccc1. The first-order valence-corrected chi connectivity index (χ1v) is 12.9. The molecule has 1 atom stereocenters. The maximum absolute atomic E-state index is 5.96. The summed E-state index contributed by atoms with van der Waals surface area (Å²) in [4.78, 5) is 0. The van der Waals surface area contributed by atoms with Crippen molar-refractivity contribution < 1.29 is 9.47 Å². The van der Waals surface area contributed by atoms with Crippen molar-refractivity contribution in [3.05, 3.63) is 91.0 Å². The van der Waals surface area contributed by atoms with Crippen molar-refractivity contribution in [2.24, 2.45) is 0 Å². The van der Waals surface area contributed by atoms with Crippen LogP contribution >= 0.6 is 7.26 Å². The van der Waals surface area contributed by atoms with Crippen LogP contribution in [0.5, 0.6) is 0 Å². The van der Waals surface area contributed by atoms with Crippen molar-refractivity contribution >= 4 is 23.2 Å². The monoisotopic (exact) mass is 419 g/mol. The van der Waals surface area contributed by atoms with E-state index < -0.39 is 13.0 Å². The Bertz CT molecular complexity index is 809. The Morgan fingerprint density at radius 3 is 1.50 bits per heavy atom. The average Bonchev–Trinajstić information content (AvgIpc) is 3.25. The summed E-state index contributed by atoms with van der Waals surface area (Å²) in [5.74, 6) is -0.451. The maximum Gasteiger partial charge on any atom is 0.165 e. The first-order chi connectivity index (χ1) is 14.7. The maximum atomic E-state index is 5.96. The zero-order valence-corrected chi connectivity index (χ0v) is 18.9. The van der Waals surface area contributed by atoms with E-state index in [0.29, 0.717) is 18.9 Å². The molecule has 1 heterocycles. The number of hydrogen-bond donors (Lipinski definition) is 0. The van der Waals surface area contributed by atoms with E-state index in [9.17, 15) is 0 Å². The summed E-state index contributed by atoms with van der Waals surface area (Å²) in [5, 5.41) is 4.35. The van der Waals surface area contributed by atoms with Gasteiger partial charge in [0.25, 0.3) is 0 Å². The Hall–Kier alpha value is -1.99. The van der Waals surface area contributed by atoms with Crippen molar-refractivity contribution in [3.8, 4) is 0 Å². The lowest BCUT2D eigenvalue weighted by Crippen LogP contribution is -2.39. The highest BCUT2D eigenvalue weighted by Crippen LogP contribution is 2.62. The van der Waals surface area contributed by atoms with Crippen molar-refractivity contribution in [1.29, 1.82) is 0 Å². The molecule has 1 saturated heterocycles. The molecule has 1 aliphatic heterocycles. The van der Waals surface area contributed by atoms with E-state index in [0.717, 1.165) is 19.3 Å². The molecule has 1 aliphatic rings. The molecule has 0 N–H and O–H groups in total. The predicted octanol–water partition coefficient (Wildman–Crippen LogP) is 5.30. The largest absolute Gasteiger partial charge is 0.348 e. The smallest absolute Gasteiger partial charge is 0.165 e. The Balaban J connectivity index is 1.87. The minimum atomic E-state index is -1.86. The number of benzene rings is 3. The summed E-state index contributed by atoms with van der Waals surface area (Å²) < 4.78 is 11.9. The van der Waals surface area contributed by atoms with E-state index in [1.54, 1.807) is 0 Å². The molecule has 1 fully saturated rings. The fourth-order valence-corrected chi connectivity index (χ4v) is 10.0. The molecule has 3 aromatic carbocycles. The lowest BCUT2D eigenvalue weighted by atomic mass is 10.1. The van der Waals surface area contributed by atoms with Crippen LogP contribution in [0.1, 0.15) is 33.1 Å². The van der Waals surface area contributed by atoms with Gasteiger partial charge in [0.2, 0.25) is 0 Å². The Morgan fingerprint density at radius 1 is 0.733 bits per heavy atom. The van der Waals surface area contributed by atoms with Gasteiger partial charge in [0.1, 0.15) is 23.2 Å². The van der Waals surface area contributed by atoms with Gasteiger partial charge in [-0.05, 0) is 56.2 Å². The third-order valence-corrected chi connectivity index (χ3v) is 11.4. The molecule has 0 bridgehead atoms. The molecular formula is C27H32O2P+. The first-order valence-electron chi connectivity index (χ1n) is 11.0. The van der Waals surface area contributed by atoms with Crippen LogP contribution in [0.25, 0.3) is 0 Å². The molecule has 3 aromatic rings. The fraction of sp³-hybridized carbons (Fsp3) is 0.333. The molecule has 0 saturated carbocycles. The van der Waals surface area contributed by atoms with E-state index in [2.05, 4.69) is 105 Å². The highest BCUT2D eigenvalue weighted by Gasteiger charge is 2.51. The minimum absolute atomic E-state index is 0.451. The quantitative estimate of drug-likeness (QED) is 0.461. The molecule has 4 rings (SSSR count). The van der Waals surface area contributed by atoms with Gasteiger partial charge in [0.05, 0.1) is 18.9 Å². The van der Waals surface area contributed by atoms with E-state index in [-0.39, 0.29) is 0 Å².